The van der Waals surface area contributed by atoms with Crippen molar-refractivity contribution in [2.24, 2.45) is 0 Å². The summed E-state index contributed by atoms with van der Waals surface area (Å²) in [6.07, 6.45) is 8.99. The highest BCUT2D eigenvalue weighted by atomic mass is 16.4. The van der Waals surface area contributed by atoms with Crippen molar-refractivity contribution in [1.82, 2.24) is 4.90 Å². The highest BCUT2D eigenvalue weighted by Gasteiger charge is 2.06. The van der Waals surface area contributed by atoms with E-state index in [0.717, 1.165) is 19.5 Å². The van der Waals surface area contributed by atoms with Gasteiger partial charge in [0, 0.05) is 0 Å². The van der Waals surface area contributed by atoms with Crippen LogP contribution >= 0.6 is 0 Å². The molecular weight excluding hydrogens is 202 g/mol. The Morgan fingerprint density at radius 1 is 1.00 bits per heavy atom. The fourth-order valence-electron chi connectivity index (χ4n) is 1.83. The number of hydrogen-bond acceptors (Lipinski definition) is 2. The Bertz CT molecular complexity index is 171. The molecule has 0 unspecified atom stereocenters. The lowest BCUT2D eigenvalue weighted by molar-refractivity contribution is -0.138. The van der Waals surface area contributed by atoms with E-state index in [2.05, 4.69) is 6.92 Å². The molecule has 3 heteroatoms. The van der Waals surface area contributed by atoms with Crippen LogP contribution in [0.25, 0.3) is 0 Å². The molecule has 96 valence electrons. The number of carbonyl (C=O) groups is 1. The van der Waals surface area contributed by atoms with Gasteiger partial charge >= 0.3 is 5.97 Å². The third-order valence-corrected chi connectivity index (χ3v) is 2.88. The number of carboxylic acid groups (broad SMARTS) is 1. The minimum atomic E-state index is -0.718. The summed E-state index contributed by atoms with van der Waals surface area (Å²) in [5.74, 6) is -0.718. The molecule has 0 aromatic rings. The van der Waals surface area contributed by atoms with Gasteiger partial charge < -0.3 is 5.11 Å². The van der Waals surface area contributed by atoms with Crippen LogP contribution < -0.4 is 0 Å². The molecule has 0 atom stereocenters. The molecule has 1 N–H and O–H groups in total. The number of carboxylic acids is 1. The van der Waals surface area contributed by atoms with Gasteiger partial charge in [0.2, 0.25) is 0 Å². The molecule has 0 saturated carbocycles. The third-order valence-electron chi connectivity index (χ3n) is 2.88. The molecule has 0 rings (SSSR count). The SMILES string of the molecule is CCCCCCCCCN(CC)CC(=O)O. The molecule has 0 spiro atoms. The largest absolute Gasteiger partial charge is 0.480 e. The third kappa shape index (κ3) is 9.97. The van der Waals surface area contributed by atoms with Gasteiger partial charge in [-0.05, 0) is 19.5 Å². The lowest BCUT2D eigenvalue weighted by atomic mass is 10.1. The summed E-state index contributed by atoms with van der Waals surface area (Å²) >= 11 is 0. The molecule has 0 saturated heterocycles. The Labute approximate surface area is 99.8 Å². The standard InChI is InChI=1S/C13H27NO2/c1-3-5-6-7-8-9-10-11-14(4-2)12-13(15)16/h3-12H2,1-2H3,(H,15,16). The maximum absolute atomic E-state index is 10.5. The molecule has 3 nitrogen and oxygen atoms in total. The predicted octanol–water partition coefficient (Wildman–Crippen LogP) is 3.14. The lowest BCUT2D eigenvalue weighted by Gasteiger charge is -2.17. The van der Waals surface area contributed by atoms with Crippen LogP contribution in [0.15, 0.2) is 0 Å². The Kier molecular flexibility index (Phi) is 10.5. The van der Waals surface area contributed by atoms with Crippen molar-refractivity contribution >= 4 is 5.97 Å². The van der Waals surface area contributed by atoms with Crippen molar-refractivity contribution in [3.05, 3.63) is 0 Å². The van der Waals surface area contributed by atoms with Crippen molar-refractivity contribution in [1.29, 1.82) is 0 Å². The molecular formula is C13H27NO2. The first-order valence-corrected chi connectivity index (χ1v) is 6.64. The van der Waals surface area contributed by atoms with Gasteiger partial charge in [0.05, 0.1) is 6.54 Å². The van der Waals surface area contributed by atoms with Crippen LogP contribution in [0.5, 0.6) is 0 Å². The van der Waals surface area contributed by atoms with Crippen LogP contribution in [0.3, 0.4) is 0 Å². The first-order chi connectivity index (χ1) is 7.70. The summed E-state index contributed by atoms with van der Waals surface area (Å²) in [6.45, 7) is 6.19. The number of likely N-dealkylation sites (N-methyl/N-ethyl adjacent to an activating group) is 1. The smallest absolute Gasteiger partial charge is 0.317 e. The second kappa shape index (κ2) is 10.9. The number of hydrogen-bond donors (Lipinski definition) is 1. The zero-order valence-electron chi connectivity index (χ0n) is 10.9. The van der Waals surface area contributed by atoms with E-state index in [9.17, 15) is 4.79 Å². The molecule has 0 aliphatic rings. The van der Waals surface area contributed by atoms with Crippen molar-refractivity contribution in [2.45, 2.75) is 58.8 Å². The molecule has 0 aliphatic heterocycles. The van der Waals surface area contributed by atoms with E-state index in [0.29, 0.717) is 0 Å². The highest BCUT2D eigenvalue weighted by Crippen LogP contribution is 2.07. The van der Waals surface area contributed by atoms with E-state index >= 15 is 0 Å². The quantitative estimate of drug-likeness (QED) is 0.553. The maximum Gasteiger partial charge on any atom is 0.317 e. The van der Waals surface area contributed by atoms with Crippen LogP contribution in [-0.2, 0) is 4.79 Å². The fourth-order valence-corrected chi connectivity index (χ4v) is 1.83. The monoisotopic (exact) mass is 229 g/mol. The molecule has 0 aromatic carbocycles. The van der Waals surface area contributed by atoms with E-state index in [1.807, 2.05) is 11.8 Å². The summed E-state index contributed by atoms with van der Waals surface area (Å²) < 4.78 is 0. The average Bonchev–Trinajstić information content (AvgIpc) is 2.25. The molecule has 0 bridgehead atoms. The Morgan fingerprint density at radius 3 is 2.06 bits per heavy atom. The topological polar surface area (TPSA) is 40.5 Å². The van der Waals surface area contributed by atoms with E-state index in [1.54, 1.807) is 0 Å². The summed E-state index contributed by atoms with van der Waals surface area (Å²) in [5.41, 5.74) is 0. The molecule has 0 aliphatic carbocycles. The predicted molar refractivity (Wildman–Crippen MR) is 67.7 cm³/mol. The van der Waals surface area contributed by atoms with Gasteiger partial charge in [-0.1, -0.05) is 52.4 Å². The molecule has 0 aromatic heterocycles. The molecule has 16 heavy (non-hydrogen) atoms. The van der Waals surface area contributed by atoms with Gasteiger partial charge in [0.1, 0.15) is 0 Å². The normalized spacial score (nSPS) is 10.9. The Hall–Kier alpha value is -0.570. The lowest BCUT2D eigenvalue weighted by Crippen LogP contribution is -2.30. The molecule has 0 heterocycles. The van der Waals surface area contributed by atoms with Crippen LogP contribution in [0.1, 0.15) is 58.8 Å². The summed E-state index contributed by atoms with van der Waals surface area (Å²) in [4.78, 5) is 12.5. The van der Waals surface area contributed by atoms with Gasteiger partial charge in [-0.3, -0.25) is 9.69 Å². The van der Waals surface area contributed by atoms with Crippen molar-refractivity contribution in [2.75, 3.05) is 19.6 Å². The van der Waals surface area contributed by atoms with E-state index in [4.69, 9.17) is 5.11 Å². The second-order valence-electron chi connectivity index (χ2n) is 4.38. The van der Waals surface area contributed by atoms with Gasteiger partial charge in [0.15, 0.2) is 0 Å². The van der Waals surface area contributed by atoms with Crippen LogP contribution in [0.2, 0.25) is 0 Å². The molecule has 0 fully saturated rings. The van der Waals surface area contributed by atoms with Crippen LogP contribution in [-0.4, -0.2) is 35.6 Å². The number of rotatable bonds is 11. The minimum Gasteiger partial charge on any atom is -0.480 e. The van der Waals surface area contributed by atoms with Crippen LogP contribution in [0.4, 0.5) is 0 Å². The number of aliphatic carboxylic acids is 1. The minimum absolute atomic E-state index is 0.187. The first-order valence-electron chi connectivity index (χ1n) is 6.64. The number of unbranched alkanes of at least 4 members (excludes halogenated alkanes) is 6. The van der Waals surface area contributed by atoms with Crippen molar-refractivity contribution in [3.63, 3.8) is 0 Å². The molecule has 0 amide bonds. The summed E-state index contributed by atoms with van der Waals surface area (Å²) in [6, 6.07) is 0. The average molecular weight is 229 g/mol. The van der Waals surface area contributed by atoms with E-state index in [1.165, 1.54) is 38.5 Å². The van der Waals surface area contributed by atoms with Crippen molar-refractivity contribution in [3.8, 4) is 0 Å². The molecule has 0 radical (unpaired) electrons. The summed E-state index contributed by atoms with van der Waals surface area (Å²) in [5, 5.41) is 8.67. The number of nitrogens with zero attached hydrogens (tertiary/aromatic N) is 1. The van der Waals surface area contributed by atoms with Crippen LogP contribution in [0, 0.1) is 0 Å². The second-order valence-corrected chi connectivity index (χ2v) is 4.38. The Morgan fingerprint density at radius 2 is 1.56 bits per heavy atom. The first kappa shape index (κ1) is 15.4. The highest BCUT2D eigenvalue weighted by molar-refractivity contribution is 5.69. The summed E-state index contributed by atoms with van der Waals surface area (Å²) in [7, 11) is 0. The maximum atomic E-state index is 10.5. The van der Waals surface area contributed by atoms with Gasteiger partial charge in [0.25, 0.3) is 0 Å². The van der Waals surface area contributed by atoms with Gasteiger partial charge in [-0.15, -0.1) is 0 Å². The Balaban J connectivity index is 3.31. The van der Waals surface area contributed by atoms with E-state index < -0.39 is 5.97 Å². The van der Waals surface area contributed by atoms with Gasteiger partial charge in [-0.25, -0.2) is 0 Å². The van der Waals surface area contributed by atoms with E-state index in [-0.39, 0.29) is 6.54 Å². The fraction of sp³-hybridized carbons (Fsp3) is 0.923. The zero-order valence-corrected chi connectivity index (χ0v) is 10.9. The van der Waals surface area contributed by atoms with Crippen molar-refractivity contribution < 1.29 is 9.90 Å². The van der Waals surface area contributed by atoms with Gasteiger partial charge in [-0.2, -0.15) is 0 Å². The zero-order chi connectivity index (χ0) is 12.2.